The maximum atomic E-state index is 13.6. The van der Waals surface area contributed by atoms with Crippen LogP contribution in [0.3, 0.4) is 0 Å². The summed E-state index contributed by atoms with van der Waals surface area (Å²) in [6.07, 6.45) is 0. The number of hydrogen-bond acceptors (Lipinski definition) is 2. The minimum atomic E-state index is -0.471. The van der Waals surface area contributed by atoms with Crippen LogP contribution >= 0.6 is 50.5 Å². The Hall–Kier alpha value is -0.620. The van der Waals surface area contributed by atoms with E-state index in [-0.39, 0.29) is 10.4 Å². The van der Waals surface area contributed by atoms with Crippen LogP contribution in [0, 0.1) is 5.82 Å². The van der Waals surface area contributed by atoms with Crippen molar-refractivity contribution in [2.75, 3.05) is 0 Å². The third-order valence-electron chi connectivity index (χ3n) is 3.12. The SMILES string of the molecule is CC(Cl)c1nc2cc(F)c(Cl)cc2n1Cc1ccc(Br)s1. The van der Waals surface area contributed by atoms with Crippen molar-refractivity contribution in [3.8, 4) is 0 Å². The van der Waals surface area contributed by atoms with Gasteiger partial charge in [-0.3, -0.25) is 0 Å². The van der Waals surface area contributed by atoms with Crippen LogP contribution in [0.5, 0.6) is 0 Å². The minimum Gasteiger partial charge on any atom is -0.321 e. The van der Waals surface area contributed by atoms with Crippen molar-refractivity contribution in [2.45, 2.75) is 18.8 Å². The van der Waals surface area contributed by atoms with Gasteiger partial charge >= 0.3 is 0 Å². The fourth-order valence-electron chi connectivity index (χ4n) is 2.20. The summed E-state index contributed by atoms with van der Waals surface area (Å²) < 4.78 is 16.6. The summed E-state index contributed by atoms with van der Waals surface area (Å²) in [7, 11) is 0. The number of thiophene rings is 1. The second-order valence-corrected chi connectivity index (χ2v) is 8.24. The van der Waals surface area contributed by atoms with Crippen molar-refractivity contribution < 1.29 is 4.39 Å². The van der Waals surface area contributed by atoms with Crippen molar-refractivity contribution in [1.29, 1.82) is 0 Å². The van der Waals surface area contributed by atoms with E-state index in [9.17, 15) is 4.39 Å². The summed E-state index contributed by atoms with van der Waals surface area (Å²) in [6.45, 7) is 2.47. The molecular weight excluding hydrogens is 398 g/mol. The van der Waals surface area contributed by atoms with E-state index in [0.717, 1.165) is 14.2 Å². The predicted molar refractivity (Wildman–Crippen MR) is 90.1 cm³/mol. The van der Waals surface area contributed by atoms with Gasteiger partial charge in [-0.1, -0.05) is 11.6 Å². The Morgan fingerprint density at radius 2 is 2.19 bits per heavy atom. The molecule has 2 aromatic heterocycles. The zero-order chi connectivity index (χ0) is 15.1. The Balaban J connectivity index is 2.17. The van der Waals surface area contributed by atoms with Gasteiger partial charge in [0.05, 0.1) is 31.8 Å². The van der Waals surface area contributed by atoms with Crippen molar-refractivity contribution in [1.82, 2.24) is 9.55 Å². The van der Waals surface area contributed by atoms with Gasteiger partial charge in [0, 0.05) is 10.9 Å². The highest BCUT2D eigenvalue weighted by Gasteiger charge is 2.17. The van der Waals surface area contributed by atoms with Crippen molar-refractivity contribution in [3.05, 3.63) is 49.6 Å². The molecule has 2 heterocycles. The highest BCUT2D eigenvalue weighted by molar-refractivity contribution is 9.11. The first-order chi connectivity index (χ1) is 9.95. The van der Waals surface area contributed by atoms with E-state index >= 15 is 0 Å². The molecule has 3 rings (SSSR count). The number of aromatic nitrogens is 2. The van der Waals surface area contributed by atoms with E-state index in [1.165, 1.54) is 6.07 Å². The lowest BCUT2D eigenvalue weighted by molar-refractivity contribution is 0.629. The third-order valence-corrected chi connectivity index (χ3v) is 5.21. The summed E-state index contributed by atoms with van der Waals surface area (Å²) in [5.41, 5.74) is 1.35. The Labute approximate surface area is 143 Å². The number of fused-ring (bicyclic) bond motifs is 1. The molecule has 0 N–H and O–H groups in total. The molecule has 2 nitrogen and oxygen atoms in total. The molecule has 110 valence electrons. The molecule has 21 heavy (non-hydrogen) atoms. The smallest absolute Gasteiger partial charge is 0.144 e. The number of halogens is 4. The second kappa shape index (κ2) is 5.88. The lowest BCUT2D eigenvalue weighted by Crippen LogP contribution is -2.04. The lowest BCUT2D eigenvalue weighted by atomic mass is 10.3. The average Bonchev–Trinajstić information content (AvgIpc) is 2.96. The molecule has 3 aromatic rings. The normalized spacial score (nSPS) is 13.0. The Morgan fingerprint density at radius 1 is 1.43 bits per heavy atom. The molecule has 0 saturated carbocycles. The minimum absolute atomic E-state index is 0.0878. The third kappa shape index (κ3) is 2.97. The van der Waals surface area contributed by atoms with Gasteiger partial charge in [-0.25, -0.2) is 9.37 Å². The van der Waals surface area contributed by atoms with Crippen molar-refractivity contribution in [3.63, 3.8) is 0 Å². The quantitative estimate of drug-likeness (QED) is 0.486. The first-order valence-electron chi connectivity index (χ1n) is 6.19. The van der Waals surface area contributed by atoms with Gasteiger partial charge in [0.1, 0.15) is 11.6 Å². The second-order valence-electron chi connectivity index (χ2n) is 4.63. The Bertz CT molecular complexity index is 813. The molecule has 7 heteroatoms. The molecule has 0 aliphatic carbocycles. The molecule has 0 radical (unpaired) electrons. The van der Waals surface area contributed by atoms with Crippen LogP contribution in [0.15, 0.2) is 28.1 Å². The van der Waals surface area contributed by atoms with Crippen LogP contribution in [0.1, 0.15) is 23.0 Å². The molecule has 0 aliphatic rings. The summed E-state index contributed by atoms with van der Waals surface area (Å²) in [6, 6.07) is 6.98. The first-order valence-corrected chi connectivity index (χ1v) is 8.61. The van der Waals surface area contributed by atoms with Crippen LogP contribution in [0.25, 0.3) is 11.0 Å². The predicted octanol–water partition coefficient (Wildman–Crippen LogP) is 6.00. The van der Waals surface area contributed by atoms with Crippen LogP contribution < -0.4 is 0 Å². The lowest BCUT2D eigenvalue weighted by Gasteiger charge is -2.09. The molecule has 0 fully saturated rings. The Morgan fingerprint density at radius 3 is 2.81 bits per heavy atom. The van der Waals surface area contributed by atoms with Crippen LogP contribution in [0.4, 0.5) is 4.39 Å². The van der Waals surface area contributed by atoms with Gasteiger partial charge in [0.2, 0.25) is 0 Å². The monoisotopic (exact) mass is 406 g/mol. The standard InChI is InChI=1S/C14H10BrCl2FN2S/c1-7(16)14-19-11-5-10(18)9(17)4-12(11)20(14)6-8-2-3-13(15)21-8/h2-5,7H,6H2,1H3. The summed E-state index contributed by atoms with van der Waals surface area (Å²) in [5, 5.41) is -0.188. The fraction of sp³-hybridized carbons (Fsp3) is 0.214. The van der Waals surface area contributed by atoms with E-state index in [1.54, 1.807) is 17.4 Å². The zero-order valence-corrected chi connectivity index (χ0v) is 14.8. The van der Waals surface area contributed by atoms with Gasteiger partial charge < -0.3 is 4.57 Å². The summed E-state index contributed by atoms with van der Waals surface area (Å²) in [4.78, 5) is 5.60. The maximum Gasteiger partial charge on any atom is 0.144 e. The summed E-state index contributed by atoms with van der Waals surface area (Å²) in [5.74, 6) is 0.235. The molecule has 0 saturated heterocycles. The molecule has 0 amide bonds. The molecule has 0 spiro atoms. The van der Waals surface area contributed by atoms with Crippen LogP contribution in [0.2, 0.25) is 5.02 Å². The Kier molecular flexibility index (Phi) is 4.28. The number of rotatable bonds is 3. The largest absolute Gasteiger partial charge is 0.321 e. The van der Waals surface area contributed by atoms with Crippen LogP contribution in [-0.4, -0.2) is 9.55 Å². The van der Waals surface area contributed by atoms with E-state index in [4.69, 9.17) is 23.2 Å². The molecule has 1 aromatic carbocycles. The molecule has 0 aliphatic heterocycles. The zero-order valence-electron chi connectivity index (χ0n) is 10.9. The van der Waals surface area contributed by atoms with Gasteiger partial charge in [-0.15, -0.1) is 22.9 Å². The number of alkyl halides is 1. The number of nitrogens with zero attached hydrogens (tertiary/aromatic N) is 2. The fourth-order valence-corrected chi connectivity index (χ4v) is 4.00. The highest BCUT2D eigenvalue weighted by atomic mass is 79.9. The van der Waals surface area contributed by atoms with Crippen molar-refractivity contribution in [2.24, 2.45) is 0 Å². The van der Waals surface area contributed by atoms with Crippen molar-refractivity contribution >= 4 is 61.5 Å². The van der Waals surface area contributed by atoms with Gasteiger partial charge in [-0.2, -0.15) is 0 Å². The molecule has 1 atom stereocenters. The highest BCUT2D eigenvalue weighted by Crippen LogP contribution is 2.30. The van der Waals surface area contributed by atoms with Gasteiger partial charge in [0.25, 0.3) is 0 Å². The van der Waals surface area contributed by atoms with E-state index in [1.807, 2.05) is 23.6 Å². The average molecular weight is 408 g/mol. The molecular formula is C14H10BrCl2FN2S. The van der Waals surface area contributed by atoms with E-state index < -0.39 is 5.82 Å². The van der Waals surface area contributed by atoms with E-state index in [0.29, 0.717) is 17.9 Å². The molecule has 0 bridgehead atoms. The first kappa shape index (κ1) is 15.3. The van der Waals surface area contributed by atoms with Crippen LogP contribution in [-0.2, 0) is 6.54 Å². The maximum absolute atomic E-state index is 13.6. The summed E-state index contributed by atoms with van der Waals surface area (Å²) >= 11 is 17.2. The van der Waals surface area contributed by atoms with Gasteiger partial charge in [-0.05, 0) is 41.1 Å². The topological polar surface area (TPSA) is 17.8 Å². The number of hydrogen-bond donors (Lipinski definition) is 0. The van der Waals surface area contributed by atoms with E-state index in [2.05, 4.69) is 20.9 Å². The number of imidazole rings is 1. The van der Waals surface area contributed by atoms with Gasteiger partial charge in [0.15, 0.2) is 0 Å². The number of benzene rings is 1. The molecule has 1 unspecified atom stereocenters.